The summed E-state index contributed by atoms with van der Waals surface area (Å²) >= 11 is 0. The highest BCUT2D eigenvalue weighted by Gasteiger charge is 2.09. The Hall–Kier alpha value is -0.135. The molecule has 0 spiro atoms. The highest BCUT2D eigenvalue weighted by Crippen LogP contribution is 1.93. The van der Waals surface area contributed by atoms with Crippen molar-refractivity contribution in [1.82, 2.24) is 5.23 Å². The second-order valence-corrected chi connectivity index (χ2v) is 0.880. The van der Waals surface area contributed by atoms with Crippen LogP contribution in [0.4, 0.5) is 0 Å². The molecule has 7 heavy (non-hydrogen) atoms. The fraction of sp³-hybridized carbons (Fsp3) is 1.00. The van der Waals surface area contributed by atoms with Crippen molar-refractivity contribution in [2.24, 2.45) is 0 Å². The van der Waals surface area contributed by atoms with Crippen LogP contribution in [0.1, 0.15) is 0 Å². The fourth-order valence-corrected chi connectivity index (χ4v) is 0.172. The van der Waals surface area contributed by atoms with Gasteiger partial charge < -0.3 is 0 Å². The fourth-order valence-electron chi connectivity index (χ4n) is 0.172. The molecule has 0 bridgehead atoms. The van der Waals surface area contributed by atoms with E-state index in [2.05, 4.69) is 19.6 Å². The Kier molecular flexibility index (Phi) is 1.61. The van der Waals surface area contributed by atoms with Crippen LogP contribution in [0.3, 0.4) is 0 Å². The van der Waals surface area contributed by atoms with Gasteiger partial charge in [-0.1, -0.05) is 10.0 Å². The molecular formula is CH3BNO4. The first-order chi connectivity index (χ1) is 3.39. The molecule has 39 valence electrons. The lowest BCUT2D eigenvalue weighted by Crippen LogP contribution is -2.29. The number of hydrogen-bond acceptors (Lipinski definition) is 5. The van der Waals surface area contributed by atoms with Crippen LogP contribution in [0.2, 0.25) is 0 Å². The smallest absolute Gasteiger partial charge is 0.298 e. The predicted molar refractivity (Wildman–Crippen MR) is 17.9 cm³/mol. The van der Waals surface area contributed by atoms with Crippen molar-refractivity contribution in [3.05, 3.63) is 0 Å². The van der Waals surface area contributed by atoms with Gasteiger partial charge in [0.1, 0.15) is 0 Å². The molecule has 0 aromatic heterocycles. The summed E-state index contributed by atoms with van der Waals surface area (Å²) in [7, 11) is 2.50. The van der Waals surface area contributed by atoms with Crippen molar-refractivity contribution in [1.29, 1.82) is 0 Å². The summed E-state index contributed by atoms with van der Waals surface area (Å²) in [5.74, 6) is 0. The largest absolute Gasteiger partial charge is 0.548 e. The molecule has 0 unspecified atom stereocenters. The summed E-state index contributed by atoms with van der Waals surface area (Å²) < 4.78 is 4.42. The van der Waals surface area contributed by atoms with E-state index in [1.165, 1.54) is 7.05 Å². The standard InChI is InChI=1S/CH3BNO4/c1-3-4-2-5-7-6-3/h1H3. The summed E-state index contributed by atoms with van der Waals surface area (Å²) in [6.45, 7) is 0. The van der Waals surface area contributed by atoms with E-state index in [0.717, 1.165) is 12.9 Å². The van der Waals surface area contributed by atoms with E-state index in [0.29, 0.717) is 0 Å². The number of hydroxylamine groups is 2. The first kappa shape index (κ1) is 5.01. The summed E-state index contributed by atoms with van der Waals surface area (Å²) in [6.07, 6.45) is 0. The van der Waals surface area contributed by atoms with Gasteiger partial charge in [-0.05, 0) is 5.23 Å². The van der Waals surface area contributed by atoms with Crippen LogP contribution in [0.5, 0.6) is 0 Å². The zero-order valence-electron chi connectivity index (χ0n) is 3.66. The molecule has 0 aromatic rings. The monoisotopic (exact) mass is 104 g/mol. The third-order valence-corrected chi connectivity index (χ3v) is 0.405. The maximum atomic E-state index is 4.42. The SMILES string of the molecule is CN1O[B]OOO1. The second-order valence-electron chi connectivity index (χ2n) is 0.880. The molecule has 1 rings (SSSR count). The van der Waals surface area contributed by atoms with Gasteiger partial charge >= 0.3 is 7.69 Å². The van der Waals surface area contributed by atoms with Crippen molar-refractivity contribution in [2.45, 2.75) is 0 Å². The molecule has 0 aliphatic carbocycles. The molecule has 5 nitrogen and oxygen atoms in total. The summed E-state index contributed by atoms with van der Waals surface area (Å²) in [5, 5.41) is 4.92. The van der Waals surface area contributed by atoms with Crippen molar-refractivity contribution in [2.75, 3.05) is 7.05 Å². The zero-order chi connectivity index (χ0) is 5.11. The highest BCUT2D eigenvalue weighted by atomic mass is 17.6. The lowest BCUT2D eigenvalue weighted by Gasteiger charge is -2.16. The van der Waals surface area contributed by atoms with Gasteiger partial charge in [-0.2, -0.15) is 0 Å². The Labute approximate surface area is 40.8 Å². The van der Waals surface area contributed by atoms with Crippen LogP contribution < -0.4 is 0 Å². The van der Waals surface area contributed by atoms with Gasteiger partial charge in [0.25, 0.3) is 0 Å². The minimum Gasteiger partial charge on any atom is -0.298 e. The van der Waals surface area contributed by atoms with E-state index in [1.54, 1.807) is 0 Å². The van der Waals surface area contributed by atoms with E-state index < -0.39 is 0 Å². The van der Waals surface area contributed by atoms with Gasteiger partial charge in [-0.3, -0.25) is 4.76 Å². The van der Waals surface area contributed by atoms with Gasteiger partial charge in [0.2, 0.25) is 0 Å². The normalized spacial score (nSPS) is 24.1. The van der Waals surface area contributed by atoms with Crippen LogP contribution in [0.25, 0.3) is 0 Å². The van der Waals surface area contributed by atoms with Crippen molar-refractivity contribution in [3.8, 4) is 0 Å². The number of hydrogen-bond donors (Lipinski definition) is 0. The Morgan fingerprint density at radius 2 is 2.43 bits per heavy atom. The molecule has 1 fully saturated rings. The maximum Gasteiger partial charge on any atom is 0.548 e. The summed E-state index contributed by atoms with van der Waals surface area (Å²) in [6, 6.07) is 0. The molecule has 0 N–H and O–H groups in total. The lowest BCUT2D eigenvalue weighted by atomic mass is 10.4. The maximum absolute atomic E-state index is 4.42. The molecule has 0 atom stereocenters. The van der Waals surface area contributed by atoms with Gasteiger partial charge in [-0.15, -0.1) is 0 Å². The molecule has 1 aliphatic rings. The number of nitrogens with zero attached hydrogens (tertiary/aromatic N) is 1. The molecule has 0 amide bonds. The van der Waals surface area contributed by atoms with E-state index in [-0.39, 0.29) is 0 Å². The minimum atomic E-state index is 0.990. The van der Waals surface area contributed by atoms with Gasteiger partial charge in [0.15, 0.2) is 0 Å². The predicted octanol–water partition coefficient (Wildman–Crippen LogP) is -0.808. The highest BCUT2D eigenvalue weighted by molar-refractivity contribution is 6.17. The molecule has 1 heterocycles. The average Bonchev–Trinajstić information content (AvgIpc) is 1.69. The second kappa shape index (κ2) is 2.24. The molecule has 0 saturated carbocycles. The minimum absolute atomic E-state index is 0.990. The number of rotatable bonds is 0. The Balaban J connectivity index is 2.12. The van der Waals surface area contributed by atoms with Crippen molar-refractivity contribution < 1.29 is 19.6 Å². The molecular weight excluding hydrogens is 101 g/mol. The van der Waals surface area contributed by atoms with Crippen LogP contribution in [0.15, 0.2) is 0 Å². The van der Waals surface area contributed by atoms with Crippen LogP contribution in [-0.4, -0.2) is 20.0 Å². The molecule has 1 aliphatic heterocycles. The van der Waals surface area contributed by atoms with Crippen LogP contribution in [-0.2, 0) is 19.6 Å². The van der Waals surface area contributed by atoms with Crippen molar-refractivity contribution in [3.63, 3.8) is 0 Å². The molecule has 1 radical (unpaired) electrons. The van der Waals surface area contributed by atoms with Gasteiger partial charge in [0.05, 0.1) is 0 Å². The van der Waals surface area contributed by atoms with Gasteiger partial charge in [0, 0.05) is 7.05 Å². The van der Waals surface area contributed by atoms with E-state index in [1.807, 2.05) is 0 Å². The van der Waals surface area contributed by atoms with Crippen molar-refractivity contribution >= 4 is 7.69 Å². The Bertz CT molecular complexity index is 53.7. The molecule has 6 heteroatoms. The summed E-state index contributed by atoms with van der Waals surface area (Å²) in [4.78, 5) is 8.16. The zero-order valence-corrected chi connectivity index (χ0v) is 3.66. The average molecular weight is 104 g/mol. The Morgan fingerprint density at radius 3 is 2.71 bits per heavy atom. The third-order valence-electron chi connectivity index (χ3n) is 0.405. The summed E-state index contributed by atoms with van der Waals surface area (Å²) in [5.41, 5.74) is 0. The molecule has 0 aromatic carbocycles. The quantitative estimate of drug-likeness (QED) is 0.297. The van der Waals surface area contributed by atoms with Gasteiger partial charge in [-0.25, -0.2) is 4.81 Å². The van der Waals surface area contributed by atoms with Crippen LogP contribution >= 0.6 is 0 Å². The molecule has 1 saturated heterocycles. The van der Waals surface area contributed by atoms with E-state index >= 15 is 0 Å². The third kappa shape index (κ3) is 1.42. The first-order valence-corrected chi connectivity index (χ1v) is 1.62. The van der Waals surface area contributed by atoms with Crippen LogP contribution in [0, 0.1) is 0 Å². The lowest BCUT2D eigenvalue weighted by molar-refractivity contribution is -0.618. The Morgan fingerprint density at radius 1 is 1.57 bits per heavy atom. The topological polar surface area (TPSA) is 40.2 Å². The van der Waals surface area contributed by atoms with E-state index in [4.69, 9.17) is 0 Å². The van der Waals surface area contributed by atoms with E-state index in [9.17, 15) is 0 Å². The first-order valence-electron chi connectivity index (χ1n) is 1.62.